The molecular formula is C17H23N5O3. The van der Waals surface area contributed by atoms with Gasteiger partial charge in [-0.25, -0.2) is 4.79 Å². The van der Waals surface area contributed by atoms with Gasteiger partial charge in [-0.05, 0) is 32.4 Å². The molecule has 1 aliphatic rings. The Kier molecular flexibility index (Phi) is 4.61. The van der Waals surface area contributed by atoms with Gasteiger partial charge in [0.25, 0.3) is 0 Å². The van der Waals surface area contributed by atoms with Crippen LogP contribution in [0.3, 0.4) is 0 Å². The van der Waals surface area contributed by atoms with Crippen molar-refractivity contribution in [3.63, 3.8) is 0 Å². The Morgan fingerprint density at radius 2 is 1.96 bits per heavy atom. The molecule has 0 aromatic carbocycles. The molecule has 2 aromatic heterocycles. The van der Waals surface area contributed by atoms with E-state index >= 15 is 0 Å². The summed E-state index contributed by atoms with van der Waals surface area (Å²) >= 11 is 0. The van der Waals surface area contributed by atoms with Crippen molar-refractivity contribution in [3.8, 4) is 0 Å². The zero-order valence-corrected chi connectivity index (χ0v) is 15.1. The highest BCUT2D eigenvalue weighted by Gasteiger charge is 2.24. The summed E-state index contributed by atoms with van der Waals surface area (Å²) in [6, 6.07) is 1.69. The highest BCUT2D eigenvalue weighted by molar-refractivity contribution is 5.87. The normalized spacial score (nSPS) is 13.7. The highest BCUT2D eigenvalue weighted by Crippen LogP contribution is 2.16. The summed E-state index contributed by atoms with van der Waals surface area (Å²) in [5, 5.41) is 8.70. The summed E-state index contributed by atoms with van der Waals surface area (Å²) in [6.07, 6.45) is 0.402. The van der Waals surface area contributed by atoms with Crippen molar-refractivity contribution in [3.05, 3.63) is 34.4 Å². The molecule has 2 aromatic rings. The van der Waals surface area contributed by atoms with Crippen LogP contribution >= 0.6 is 0 Å². The molecule has 25 heavy (non-hydrogen) atoms. The molecule has 8 nitrogen and oxygen atoms in total. The predicted molar refractivity (Wildman–Crippen MR) is 90.0 cm³/mol. The summed E-state index contributed by atoms with van der Waals surface area (Å²) in [7, 11) is 1.33. The van der Waals surface area contributed by atoms with Crippen LogP contribution in [0.2, 0.25) is 0 Å². The van der Waals surface area contributed by atoms with Crippen molar-refractivity contribution in [2.24, 2.45) is 0 Å². The van der Waals surface area contributed by atoms with Gasteiger partial charge in [0.05, 0.1) is 31.6 Å². The summed E-state index contributed by atoms with van der Waals surface area (Å²) in [5.74, 6) is -0.378. The molecule has 3 heterocycles. The molecule has 0 saturated heterocycles. The lowest BCUT2D eigenvalue weighted by molar-refractivity contribution is -0.133. The zero-order valence-electron chi connectivity index (χ0n) is 15.1. The summed E-state index contributed by atoms with van der Waals surface area (Å²) in [5.41, 5.74) is 4.41. The first-order chi connectivity index (χ1) is 11.9. The molecule has 0 radical (unpaired) electrons. The lowest BCUT2D eigenvalue weighted by Gasteiger charge is -2.27. The van der Waals surface area contributed by atoms with Gasteiger partial charge in [-0.3, -0.25) is 14.2 Å². The first-order valence-corrected chi connectivity index (χ1v) is 8.34. The number of carbonyl (C=O) groups is 2. The largest absolute Gasteiger partial charge is 0.464 e. The molecule has 1 amide bonds. The lowest BCUT2D eigenvalue weighted by atomic mass is 10.2. The third-order valence-electron chi connectivity index (χ3n) is 4.83. The number of hydrogen-bond acceptors (Lipinski definition) is 5. The molecule has 8 heteroatoms. The van der Waals surface area contributed by atoms with Crippen molar-refractivity contribution in [1.29, 1.82) is 0 Å². The fourth-order valence-corrected chi connectivity index (χ4v) is 3.05. The summed E-state index contributed by atoms with van der Waals surface area (Å²) in [6.45, 7) is 8.24. The lowest BCUT2D eigenvalue weighted by Crippen LogP contribution is -2.38. The molecule has 134 valence electrons. The summed E-state index contributed by atoms with van der Waals surface area (Å²) in [4.78, 5) is 25.9. The molecule has 0 saturated carbocycles. The second kappa shape index (κ2) is 6.70. The molecule has 1 aliphatic heterocycles. The predicted octanol–water partition coefficient (Wildman–Crippen LogP) is 1.22. The maximum atomic E-state index is 12.5. The number of esters is 1. The van der Waals surface area contributed by atoms with Crippen LogP contribution in [0.15, 0.2) is 6.07 Å². The van der Waals surface area contributed by atoms with E-state index in [4.69, 9.17) is 4.74 Å². The van der Waals surface area contributed by atoms with E-state index in [0.29, 0.717) is 32.6 Å². The Hall–Kier alpha value is -2.64. The number of carbonyl (C=O) groups excluding carboxylic acids is 2. The molecular weight excluding hydrogens is 322 g/mol. The van der Waals surface area contributed by atoms with Crippen LogP contribution < -0.4 is 0 Å². The minimum Gasteiger partial charge on any atom is -0.464 e. The van der Waals surface area contributed by atoms with Gasteiger partial charge in [0.15, 0.2) is 5.69 Å². The number of aromatic nitrogens is 4. The van der Waals surface area contributed by atoms with Crippen LogP contribution in [0, 0.1) is 20.8 Å². The van der Waals surface area contributed by atoms with E-state index in [1.54, 1.807) is 15.6 Å². The number of hydrogen-bond donors (Lipinski definition) is 0. The maximum Gasteiger partial charge on any atom is 0.358 e. The number of methoxy groups -OCH3 is 1. The average molecular weight is 345 g/mol. The monoisotopic (exact) mass is 345 g/mol. The van der Waals surface area contributed by atoms with Gasteiger partial charge in [-0.2, -0.15) is 10.2 Å². The number of fused-ring (bicyclic) bond motifs is 1. The Bertz CT molecular complexity index is 821. The Morgan fingerprint density at radius 3 is 2.60 bits per heavy atom. The molecule has 3 rings (SSSR count). The first-order valence-electron chi connectivity index (χ1n) is 8.34. The standard InChI is InChI=1S/C17H23N5O3/c1-11-12(2)18-21(13(11)3)6-5-16(23)20-7-8-22-14(10-20)9-15(19-22)17(24)25-4/h9H,5-8,10H2,1-4H3. The van der Waals surface area contributed by atoms with E-state index in [2.05, 4.69) is 10.2 Å². The SMILES string of the molecule is COC(=O)c1cc2n(n1)CCN(C(=O)CCn1nc(C)c(C)c1C)C2. The number of rotatable bonds is 4. The number of aryl methyl sites for hydroxylation is 2. The Morgan fingerprint density at radius 1 is 1.20 bits per heavy atom. The second-order valence-corrected chi connectivity index (χ2v) is 6.32. The fourth-order valence-electron chi connectivity index (χ4n) is 3.05. The van der Waals surface area contributed by atoms with E-state index in [0.717, 1.165) is 17.1 Å². The van der Waals surface area contributed by atoms with Crippen LogP contribution in [0.5, 0.6) is 0 Å². The quantitative estimate of drug-likeness (QED) is 0.778. The number of ether oxygens (including phenoxy) is 1. The van der Waals surface area contributed by atoms with Gasteiger partial charge in [-0.1, -0.05) is 0 Å². The van der Waals surface area contributed by atoms with Crippen molar-refractivity contribution >= 4 is 11.9 Å². The second-order valence-electron chi connectivity index (χ2n) is 6.32. The van der Waals surface area contributed by atoms with Crippen LogP contribution in [-0.4, -0.2) is 50.0 Å². The minimum absolute atomic E-state index is 0.0808. The van der Waals surface area contributed by atoms with Gasteiger partial charge in [0.2, 0.25) is 5.91 Å². The van der Waals surface area contributed by atoms with Gasteiger partial charge >= 0.3 is 5.97 Å². The average Bonchev–Trinajstić information content (AvgIpc) is 3.15. The highest BCUT2D eigenvalue weighted by atomic mass is 16.5. The summed E-state index contributed by atoms with van der Waals surface area (Å²) < 4.78 is 8.35. The smallest absolute Gasteiger partial charge is 0.358 e. The van der Waals surface area contributed by atoms with Crippen LogP contribution in [-0.2, 0) is 29.2 Å². The van der Waals surface area contributed by atoms with Crippen LogP contribution in [0.1, 0.15) is 39.6 Å². The number of nitrogens with zero attached hydrogens (tertiary/aromatic N) is 5. The van der Waals surface area contributed by atoms with E-state index in [-0.39, 0.29) is 11.6 Å². The van der Waals surface area contributed by atoms with E-state index < -0.39 is 5.97 Å². The third kappa shape index (κ3) is 3.29. The molecule has 0 unspecified atom stereocenters. The molecule has 0 spiro atoms. The molecule has 0 bridgehead atoms. The minimum atomic E-state index is -0.459. The Balaban J connectivity index is 1.63. The van der Waals surface area contributed by atoms with E-state index in [1.807, 2.05) is 25.5 Å². The molecule has 0 atom stereocenters. The van der Waals surface area contributed by atoms with Crippen molar-refractivity contribution < 1.29 is 14.3 Å². The van der Waals surface area contributed by atoms with Crippen LogP contribution in [0.4, 0.5) is 0 Å². The van der Waals surface area contributed by atoms with Crippen molar-refractivity contribution in [2.45, 2.75) is 46.8 Å². The van der Waals surface area contributed by atoms with Crippen molar-refractivity contribution in [1.82, 2.24) is 24.5 Å². The zero-order chi connectivity index (χ0) is 18.1. The fraction of sp³-hybridized carbons (Fsp3) is 0.529. The van der Waals surface area contributed by atoms with Gasteiger partial charge < -0.3 is 9.64 Å². The van der Waals surface area contributed by atoms with Crippen LogP contribution in [0.25, 0.3) is 0 Å². The van der Waals surface area contributed by atoms with Gasteiger partial charge in [0, 0.05) is 25.2 Å². The maximum absolute atomic E-state index is 12.5. The molecule has 0 fully saturated rings. The topological polar surface area (TPSA) is 82.3 Å². The first kappa shape index (κ1) is 17.2. The number of amides is 1. The van der Waals surface area contributed by atoms with E-state index in [1.165, 1.54) is 12.7 Å². The molecule has 0 aliphatic carbocycles. The van der Waals surface area contributed by atoms with Gasteiger partial charge in [0.1, 0.15) is 0 Å². The third-order valence-corrected chi connectivity index (χ3v) is 4.83. The molecule has 0 N–H and O–H groups in total. The van der Waals surface area contributed by atoms with Gasteiger partial charge in [-0.15, -0.1) is 0 Å². The Labute approximate surface area is 146 Å². The van der Waals surface area contributed by atoms with E-state index in [9.17, 15) is 9.59 Å². The van der Waals surface area contributed by atoms with Crippen molar-refractivity contribution in [2.75, 3.05) is 13.7 Å².